The first-order valence-electron chi connectivity index (χ1n) is 7.50. The Morgan fingerprint density at radius 1 is 1.50 bits per heavy atom. The lowest BCUT2D eigenvalue weighted by Crippen LogP contribution is -2.32. The lowest BCUT2D eigenvalue weighted by Gasteiger charge is -2.18. The number of aromatic nitrogens is 1. The summed E-state index contributed by atoms with van der Waals surface area (Å²) in [6.07, 6.45) is 6.07. The van der Waals surface area contributed by atoms with Gasteiger partial charge in [0, 0.05) is 25.9 Å². The van der Waals surface area contributed by atoms with Crippen LogP contribution in [0.4, 0.5) is 5.69 Å². The van der Waals surface area contributed by atoms with E-state index >= 15 is 0 Å². The second-order valence-electron chi connectivity index (χ2n) is 5.70. The number of rotatable bonds is 6. The van der Waals surface area contributed by atoms with Crippen molar-refractivity contribution in [3.63, 3.8) is 0 Å². The van der Waals surface area contributed by atoms with Gasteiger partial charge in [0.2, 0.25) is 0 Å². The van der Waals surface area contributed by atoms with Gasteiger partial charge in [0.05, 0.1) is 5.69 Å². The molecule has 0 spiro atoms. The fraction of sp³-hybridized carbons (Fsp3) is 0.667. The number of nitrogen functional groups attached to an aromatic ring is 1. The summed E-state index contributed by atoms with van der Waals surface area (Å²) in [7, 11) is 0. The number of nitrogens with two attached hydrogens (primary N) is 1. The predicted molar refractivity (Wildman–Crippen MR) is 79.4 cm³/mol. The van der Waals surface area contributed by atoms with Crippen molar-refractivity contribution in [3.05, 3.63) is 18.0 Å². The SMILES string of the molecule is CCCn1cc(N)cc1C(=O)NCC1CCCC1CO. The van der Waals surface area contributed by atoms with Crippen molar-refractivity contribution >= 4 is 11.6 Å². The molecule has 2 rings (SSSR count). The zero-order chi connectivity index (χ0) is 14.5. The Morgan fingerprint density at radius 2 is 2.25 bits per heavy atom. The standard InChI is InChI=1S/C15H25N3O2/c1-2-6-18-9-13(16)7-14(18)15(20)17-8-11-4-3-5-12(11)10-19/h7,9,11-12,19H,2-6,8,10,16H2,1H3,(H,17,20). The number of aliphatic hydroxyl groups excluding tert-OH is 1. The molecule has 1 fully saturated rings. The van der Waals surface area contributed by atoms with Gasteiger partial charge in [-0.05, 0) is 37.2 Å². The topological polar surface area (TPSA) is 80.3 Å². The number of carbonyl (C=O) groups excluding carboxylic acids is 1. The van der Waals surface area contributed by atoms with Crippen LogP contribution in [-0.4, -0.2) is 28.7 Å². The maximum Gasteiger partial charge on any atom is 0.267 e. The second-order valence-corrected chi connectivity index (χ2v) is 5.70. The van der Waals surface area contributed by atoms with E-state index in [1.165, 1.54) is 0 Å². The van der Waals surface area contributed by atoms with Gasteiger partial charge < -0.3 is 20.7 Å². The van der Waals surface area contributed by atoms with E-state index in [0.29, 0.717) is 29.8 Å². The van der Waals surface area contributed by atoms with Gasteiger partial charge in [-0.25, -0.2) is 0 Å². The molecule has 1 aromatic heterocycles. The summed E-state index contributed by atoms with van der Waals surface area (Å²) in [5.41, 5.74) is 7.03. The molecule has 20 heavy (non-hydrogen) atoms. The van der Waals surface area contributed by atoms with Crippen molar-refractivity contribution in [1.82, 2.24) is 9.88 Å². The molecule has 1 aliphatic carbocycles. The number of hydrogen-bond acceptors (Lipinski definition) is 3. The fourth-order valence-electron chi connectivity index (χ4n) is 3.09. The number of nitrogens with one attached hydrogen (secondary N) is 1. The Morgan fingerprint density at radius 3 is 2.95 bits per heavy atom. The van der Waals surface area contributed by atoms with Gasteiger partial charge >= 0.3 is 0 Å². The molecule has 1 aromatic rings. The third-order valence-corrected chi connectivity index (χ3v) is 4.19. The molecule has 0 bridgehead atoms. The third kappa shape index (κ3) is 3.33. The zero-order valence-electron chi connectivity index (χ0n) is 12.1. The van der Waals surface area contributed by atoms with E-state index < -0.39 is 0 Å². The highest BCUT2D eigenvalue weighted by molar-refractivity contribution is 5.93. The third-order valence-electron chi connectivity index (χ3n) is 4.19. The van der Waals surface area contributed by atoms with Crippen LogP contribution in [-0.2, 0) is 6.54 Å². The van der Waals surface area contributed by atoms with Crippen molar-refractivity contribution in [3.8, 4) is 0 Å². The van der Waals surface area contributed by atoms with E-state index in [4.69, 9.17) is 5.73 Å². The molecule has 1 saturated carbocycles. The van der Waals surface area contributed by atoms with Crippen LogP contribution in [0.15, 0.2) is 12.3 Å². The Hall–Kier alpha value is -1.49. The maximum absolute atomic E-state index is 12.3. The minimum atomic E-state index is -0.0706. The van der Waals surface area contributed by atoms with Crippen LogP contribution in [0, 0.1) is 11.8 Å². The van der Waals surface area contributed by atoms with E-state index in [0.717, 1.165) is 32.2 Å². The molecule has 4 N–H and O–H groups in total. The average molecular weight is 279 g/mol. The molecule has 0 aliphatic heterocycles. The molecule has 5 nitrogen and oxygen atoms in total. The molecule has 2 atom stereocenters. The van der Waals surface area contributed by atoms with E-state index in [2.05, 4.69) is 12.2 Å². The van der Waals surface area contributed by atoms with Crippen LogP contribution in [0.25, 0.3) is 0 Å². The summed E-state index contributed by atoms with van der Waals surface area (Å²) >= 11 is 0. The molecule has 5 heteroatoms. The number of amides is 1. The normalized spacial score (nSPS) is 22.1. The summed E-state index contributed by atoms with van der Waals surface area (Å²) in [5.74, 6) is 0.664. The van der Waals surface area contributed by atoms with Gasteiger partial charge in [-0.15, -0.1) is 0 Å². The molecule has 0 saturated heterocycles. The quantitative estimate of drug-likeness (QED) is 0.740. The number of aryl methyl sites for hydroxylation is 1. The first-order valence-corrected chi connectivity index (χ1v) is 7.50. The average Bonchev–Trinajstić information content (AvgIpc) is 3.02. The number of aliphatic hydroxyl groups is 1. The van der Waals surface area contributed by atoms with Crippen molar-refractivity contribution in [2.24, 2.45) is 11.8 Å². The van der Waals surface area contributed by atoms with E-state index in [1.54, 1.807) is 6.07 Å². The van der Waals surface area contributed by atoms with Crippen LogP contribution in [0.2, 0.25) is 0 Å². The predicted octanol–water partition coefficient (Wildman–Crippen LogP) is 1.62. The van der Waals surface area contributed by atoms with Crippen LogP contribution in [0.5, 0.6) is 0 Å². The summed E-state index contributed by atoms with van der Waals surface area (Å²) in [4.78, 5) is 12.3. The van der Waals surface area contributed by atoms with E-state index in [1.807, 2.05) is 10.8 Å². The van der Waals surface area contributed by atoms with Crippen LogP contribution in [0.1, 0.15) is 43.1 Å². The Kier molecular flexibility index (Phi) is 5.06. The summed E-state index contributed by atoms with van der Waals surface area (Å²) in [6, 6.07) is 1.73. The van der Waals surface area contributed by atoms with Crippen LogP contribution < -0.4 is 11.1 Å². The van der Waals surface area contributed by atoms with Crippen molar-refractivity contribution in [1.29, 1.82) is 0 Å². The molecule has 1 aliphatic rings. The van der Waals surface area contributed by atoms with Gasteiger partial charge in [-0.1, -0.05) is 13.3 Å². The number of hydrogen-bond donors (Lipinski definition) is 3. The maximum atomic E-state index is 12.3. The number of carbonyl (C=O) groups is 1. The molecule has 2 unspecified atom stereocenters. The molecule has 0 aromatic carbocycles. The second kappa shape index (κ2) is 6.79. The smallest absolute Gasteiger partial charge is 0.267 e. The summed E-state index contributed by atoms with van der Waals surface area (Å²) in [6.45, 7) is 3.73. The Balaban J connectivity index is 1.94. The van der Waals surface area contributed by atoms with Crippen LogP contribution in [0.3, 0.4) is 0 Å². The van der Waals surface area contributed by atoms with Crippen LogP contribution >= 0.6 is 0 Å². The van der Waals surface area contributed by atoms with Gasteiger partial charge in [-0.2, -0.15) is 0 Å². The monoisotopic (exact) mass is 279 g/mol. The molecule has 1 heterocycles. The molecule has 1 amide bonds. The van der Waals surface area contributed by atoms with Gasteiger partial charge in [0.1, 0.15) is 5.69 Å². The largest absolute Gasteiger partial charge is 0.397 e. The van der Waals surface area contributed by atoms with Gasteiger partial charge in [0.15, 0.2) is 0 Å². The number of nitrogens with zero attached hydrogens (tertiary/aromatic N) is 1. The summed E-state index contributed by atoms with van der Waals surface area (Å²) < 4.78 is 1.91. The van der Waals surface area contributed by atoms with Crippen molar-refractivity contribution in [2.45, 2.75) is 39.2 Å². The fourth-order valence-corrected chi connectivity index (χ4v) is 3.09. The highest BCUT2D eigenvalue weighted by atomic mass is 16.3. The summed E-state index contributed by atoms with van der Waals surface area (Å²) in [5, 5.41) is 12.3. The molecular weight excluding hydrogens is 254 g/mol. The molecule has 112 valence electrons. The first-order chi connectivity index (χ1) is 9.65. The van der Waals surface area contributed by atoms with Gasteiger partial charge in [0.25, 0.3) is 5.91 Å². The highest BCUT2D eigenvalue weighted by Gasteiger charge is 2.27. The van der Waals surface area contributed by atoms with E-state index in [9.17, 15) is 9.90 Å². The van der Waals surface area contributed by atoms with E-state index in [-0.39, 0.29) is 12.5 Å². The minimum absolute atomic E-state index is 0.0706. The lowest BCUT2D eigenvalue weighted by atomic mass is 9.97. The van der Waals surface area contributed by atoms with Gasteiger partial charge in [-0.3, -0.25) is 4.79 Å². The van der Waals surface area contributed by atoms with Crippen molar-refractivity contribution < 1.29 is 9.90 Å². The Labute approximate surface area is 120 Å². The number of anilines is 1. The Bertz CT molecular complexity index is 456. The minimum Gasteiger partial charge on any atom is -0.397 e. The lowest BCUT2D eigenvalue weighted by molar-refractivity contribution is 0.0928. The molecular formula is C15H25N3O2. The zero-order valence-corrected chi connectivity index (χ0v) is 12.1. The van der Waals surface area contributed by atoms with Crippen molar-refractivity contribution in [2.75, 3.05) is 18.9 Å². The first kappa shape index (κ1) is 14.9. The highest BCUT2D eigenvalue weighted by Crippen LogP contribution is 2.30. The molecule has 0 radical (unpaired) electrons.